The van der Waals surface area contributed by atoms with E-state index < -0.39 is 33.5 Å². The molecule has 0 aliphatic carbocycles. The molecule has 2 aromatic heterocycles. The first-order valence-corrected chi connectivity index (χ1v) is 11.9. The van der Waals surface area contributed by atoms with E-state index in [9.17, 15) is 23.1 Å². The normalized spacial score (nSPS) is 18.1. The fraction of sp³-hybridized carbons (Fsp3) is 0.208. The number of aliphatic hydroxyl groups is 1. The van der Waals surface area contributed by atoms with Crippen molar-refractivity contribution in [3.63, 3.8) is 0 Å². The number of aryl methyl sites for hydroxylation is 1. The molecule has 3 heterocycles. The van der Waals surface area contributed by atoms with Crippen LogP contribution in [0, 0.1) is 6.92 Å². The number of hydrogen-bond acceptors (Lipinski definition) is 6. The Morgan fingerprint density at radius 3 is 2.38 bits per heavy atom. The molecule has 0 radical (unpaired) electrons. The lowest BCUT2D eigenvalue weighted by Crippen LogP contribution is -2.29. The monoisotopic (exact) mass is 482 g/mol. The maximum absolute atomic E-state index is 13.1. The highest BCUT2D eigenvalue weighted by Crippen LogP contribution is 2.40. The third-order valence-electron chi connectivity index (χ3n) is 5.60. The van der Waals surface area contributed by atoms with E-state index in [-0.39, 0.29) is 22.6 Å². The number of Topliss-reactive ketones (excluding diaryl/α,β-unsaturated/α-hetero) is 1. The second-order valence-corrected chi connectivity index (χ2v) is 10.3. The maximum Gasteiger partial charge on any atom is 0.296 e. The van der Waals surface area contributed by atoms with Crippen molar-refractivity contribution in [2.45, 2.75) is 24.4 Å². The maximum atomic E-state index is 13.1. The highest BCUT2D eigenvalue weighted by molar-refractivity contribution is 7.89. The number of benzene rings is 1. The number of furan rings is 1. The number of aromatic amines is 1. The molecule has 1 saturated heterocycles. The zero-order chi connectivity index (χ0) is 24.6. The number of hydrogen-bond donors (Lipinski definition) is 1. The number of carbonyl (C=O) groups is 2. The lowest BCUT2D eigenvalue weighted by molar-refractivity contribution is -0.378. The van der Waals surface area contributed by atoms with Crippen LogP contribution in [0.25, 0.3) is 5.76 Å². The molecule has 10 heteroatoms. The molecule has 34 heavy (non-hydrogen) atoms. The molecular weight excluding hydrogens is 458 g/mol. The van der Waals surface area contributed by atoms with Crippen molar-refractivity contribution in [3.8, 4) is 0 Å². The van der Waals surface area contributed by atoms with Gasteiger partial charge in [0.25, 0.3) is 11.7 Å². The van der Waals surface area contributed by atoms with Gasteiger partial charge >= 0.3 is 0 Å². The summed E-state index contributed by atoms with van der Waals surface area (Å²) in [5.74, 6) is -1.09. The van der Waals surface area contributed by atoms with Crippen LogP contribution in [0.5, 0.6) is 0 Å². The number of aliphatic hydroxyl groups excluding tert-OH is 1. The molecule has 1 amide bonds. The van der Waals surface area contributed by atoms with Gasteiger partial charge in [0, 0.05) is 31.3 Å². The number of pyridine rings is 1. The summed E-state index contributed by atoms with van der Waals surface area (Å²) in [5, 5.41) is 11.1. The number of nitrogens with zero attached hydrogens (tertiary/aromatic N) is 2. The Morgan fingerprint density at radius 1 is 1.12 bits per heavy atom. The van der Waals surface area contributed by atoms with Crippen molar-refractivity contribution in [2.75, 3.05) is 14.1 Å². The Labute approximate surface area is 197 Å². The number of ketones is 1. The van der Waals surface area contributed by atoms with Crippen LogP contribution in [-0.4, -0.2) is 48.5 Å². The van der Waals surface area contributed by atoms with Crippen LogP contribution in [-0.2, 0) is 26.2 Å². The highest BCUT2D eigenvalue weighted by Gasteiger charge is 2.47. The van der Waals surface area contributed by atoms with Crippen molar-refractivity contribution >= 4 is 27.5 Å². The second kappa shape index (κ2) is 8.88. The highest BCUT2D eigenvalue weighted by atomic mass is 32.2. The van der Waals surface area contributed by atoms with Crippen LogP contribution in [0.1, 0.15) is 28.7 Å². The van der Waals surface area contributed by atoms with Gasteiger partial charge in [-0.05, 0) is 49.4 Å². The van der Waals surface area contributed by atoms with Crippen LogP contribution < -0.4 is 4.98 Å². The molecule has 1 aromatic carbocycles. The molecule has 1 unspecified atom stereocenters. The summed E-state index contributed by atoms with van der Waals surface area (Å²) in [6.45, 7) is 1.86. The summed E-state index contributed by atoms with van der Waals surface area (Å²) in [6, 6.07) is 11.5. The number of H-pyrrole nitrogens is 1. The van der Waals surface area contributed by atoms with E-state index >= 15 is 0 Å². The Bertz CT molecular complexity index is 1380. The molecule has 1 atom stereocenters. The Balaban J connectivity index is 1.81. The second-order valence-electron chi connectivity index (χ2n) is 8.10. The molecule has 1 aliphatic rings. The van der Waals surface area contributed by atoms with Crippen molar-refractivity contribution in [1.29, 1.82) is 0 Å². The number of amides is 1. The van der Waals surface area contributed by atoms with Gasteiger partial charge in [0.2, 0.25) is 10.0 Å². The van der Waals surface area contributed by atoms with Gasteiger partial charge in [-0.25, -0.2) is 17.7 Å². The molecule has 1 aliphatic heterocycles. The Morgan fingerprint density at radius 2 is 1.82 bits per heavy atom. The largest absolute Gasteiger partial charge is 0.507 e. The van der Waals surface area contributed by atoms with Gasteiger partial charge in [-0.1, -0.05) is 0 Å². The van der Waals surface area contributed by atoms with Gasteiger partial charge in [0.1, 0.15) is 23.3 Å². The third kappa shape index (κ3) is 4.13. The van der Waals surface area contributed by atoms with Gasteiger partial charge < -0.3 is 14.4 Å². The smallest absolute Gasteiger partial charge is 0.296 e. The average Bonchev–Trinajstić information content (AvgIpc) is 3.35. The molecule has 0 bridgehead atoms. The van der Waals surface area contributed by atoms with Crippen LogP contribution in [0.3, 0.4) is 0 Å². The minimum Gasteiger partial charge on any atom is -0.507 e. The molecule has 3 aromatic rings. The van der Waals surface area contributed by atoms with E-state index in [1.807, 2.05) is 6.07 Å². The van der Waals surface area contributed by atoms with Gasteiger partial charge in [-0.2, -0.15) is 0 Å². The van der Waals surface area contributed by atoms with E-state index in [0.29, 0.717) is 11.5 Å². The van der Waals surface area contributed by atoms with Gasteiger partial charge in [0.05, 0.1) is 17.0 Å². The summed E-state index contributed by atoms with van der Waals surface area (Å²) in [6.07, 6.45) is 3.44. The van der Waals surface area contributed by atoms with Gasteiger partial charge in [-0.15, -0.1) is 0 Å². The zero-order valence-electron chi connectivity index (χ0n) is 18.8. The first-order chi connectivity index (χ1) is 16.1. The lowest BCUT2D eigenvalue weighted by Gasteiger charge is -2.22. The van der Waals surface area contributed by atoms with Crippen LogP contribution in [0.4, 0.5) is 0 Å². The number of nitrogens with one attached hydrogen (secondary N) is 1. The molecular formula is C24H24N3O6S+. The minimum atomic E-state index is -3.66. The summed E-state index contributed by atoms with van der Waals surface area (Å²) in [4.78, 5) is 30.4. The molecule has 1 fully saturated rings. The van der Waals surface area contributed by atoms with Crippen LogP contribution in [0.15, 0.2) is 75.8 Å². The third-order valence-corrected chi connectivity index (χ3v) is 7.43. The predicted octanol–water partition coefficient (Wildman–Crippen LogP) is 2.27. The number of likely N-dealkylation sites (tertiary alicyclic amines) is 1. The van der Waals surface area contributed by atoms with Gasteiger partial charge in [0.15, 0.2) is 12.4 Å². The molecule has 176 valence electrons. The SMILES string of the molecule is Cc1ccc(C2C(=C(O)c3ccc(S(=O)(=O)N(C)C)cc3)C(=O)C(=O)N2Cc2ccc[nH+]c2)o1. The van der Waals surface area contributed by atoms with E-state index in [2.05, 4.69) is 4.98 Å². The first kappa shape index (κ1) is 23.4. The van der Waals surface area contributed by atoms with Crippen molar-refractivity contribution in [2.24, 2.45) is 0 Å². The fourth-order valence-electron chi connectivity index (χ4n) is 3.82. The summed E-state index contributed by atoms with van der Waals surface area (Å²) >= 11 is 0. The van der Waals surface area contributed by atoms with Crippen LogP contribution >= 0.6 is 0 Å². The van der Waals surface area contributed by atoms with E-state index in [1.54, 1.807) is 37.5 Å². The summed E-state index contributed by atoms with van der Waals surface area (Å²) in [7, 11) is -0.830. The standard InChI is InChI=1S/C24H23N3O6S/c1-15-6-11-19(33-15)21-20(23(29)24(30)27(21)14-16-5-4-12-25-13-16)22(28)17-7-9-18(10-8-17)34(31,32)26(2)3/h4-13,21,28H,14H2,1-3H3/p+1. The Kier molecular flexibility index (Phi) is 6.11. The van der Waals surface area contributed by atoms with E-state index in [4.69, 9.17) is 4.42 Å². The van der Waals surface area contributed by atoms with Crippen LogP contribution in [0.2, 0.25) is 0 Å². The molecule has 0 spiro atoms. The van der Waals surface area contributed by atoms with Gasteiger partial charge in [-0.3, -0.25) is 9.59 Å². The molecule has 9 nitrogen and oxygen atoms in total. The number of rotatable bonds is 6. The number of sulfonamides is 1. The number of carbonyl (C=O) groups excluding carboxylic acids is 2. The predicted molar refractivity (Wildman–Crippen MR) is 122 cm³/mol. The zero-order valence-corrected chi connectivity index (χ0v) is 19.7. The first-order valence-electron chi connectivity index (χ1n) is 10.4. The quantitative estimate of drug-likeness (QED) is 0.327. The van der Waals surface area contributed by atoms with E-state index in [0.717, 1.165) is 9.87 Å². The van der Waals surface area contributed by atoms with Crippen molar-refractivity contribution in [1.82, 2.24) is 9.21 Å². The minimum absolute atomic E-state index is 0.0352. The van der Waals surface area contributed by atoms with Crippen molar-refractivity contribution < 1.29 is 32.5 Å². The van der Waals surface area contributed by atoms with E-state index in [1.165, 1.54) is 43.3 Å². The topological polar surface area (TPSA) is 122 Å². The summed E-state index contributed by atoms with van der Waals surface area (Å²) < 4.78 is 31.5. The average molecular weight is 483 g/mol. The van der Waals surface area contributed by atoms with Crippen molar-refractivity contribution in [3.05, 3.63) is 89.1 Å². The molecule has 4 rings (SSSR count). The lowest BCUT2D eigenvalue weighted by atomic mass is 9.99. The summed E-state index contributed by atoms with van der Waals surface area (Å²) in [5.41, 5.74) is 0.843. The fourth-order valence-corrected chi connectivity index (χ4v) is 4.72. The molecule has 0 saturated carbocycles. The number of aromatic nitrogens is 1. The molecule has 2 N–H and O–H groups in total. The Hall–Kier alpha value is -3.76.